The molecule has 2 N–H and O–H groups in total. The summed E-state index contributed by atoms with van der Waals surface area (Å²) in [6.45, 7) is 7.88. The van der Waals surface area contributed by atoms with Gasteiger partial charge in [0.15, 0.2) is 0 Å². The van der Waals surface area contributed by atoms with Crippen LogP contribution in [0, 0.1) is 6.92 Å². The molecule has 1 atom stereocenters. The highest BCUT2D eigenvalue weighted by atomic mass is 16.2. The fraction of sp³-hybridized carbons (Fsp3) is 0.500. The first-order chi connectivity index (χ1) is 10.1. The minimum Gasteiger partial charge on any atom is -0.385 e. The Hall–Kier alpha value is -2.04. The van der Waals surface area contributed by atoms with Gasteiger partial charge in [-0.05, 0) is 44.0 Å². The number of carbonyl (C=O) groups excluding carboxylic acids is 2. The van der Waals surface area contributed by atoms with Crippen LogP contribution in [0.4, 0.5) is 5.69 Å². The zero-order chi connectivity index (χ0) is 15.4. The number of amides is 2. The van der Waals surface area contributed by atoms with Crippen LogP contribution in [0.2, 0.25) is 0 Å². The first kappa shape index (κ1) is 15.4. The molecule has 2 amide bonds. The summed E-state index contributed by atoms with van der Waals surface area (Å²) in [5.74, 6) is -0.124. The summed E-state index contributed by atoms with van der Waals surface area (Å²) >= 11 is 0. The Bertz CT molecular complexity index is 542. The van der Waals surface area contributed by atoms with Crippen molar-refractivity contribution in [2.75, 3.05) is 25.0 Å². The molecule has 114 valence electrons. The van der Waals surface area contributed by atoms with Gasteiger partial charge in [-0.1, -0.05) is 6.92 Å². The summed E-state index contributed by atoms with van der Waals surface area (Å²) in [7, 11) is 0. The second kappa shape index (κ2) is 6.61. The van der Waals surface area contributed by atoms with Crippen LogP contribution in [0.25, 0.3) is 0 Å². The predicted octanol–water partition coefficient (Wildman–Crippen LogP) is 1.78. The maximum absolute atomic E-state index is 12.7. The highest BCUT2D eigenvalue weighted by molar-refractivity contribution is 5.98. The molecule has 0 saturated carbocycles. The molecular weight excluding hydrogens is 266 g/mol. The van der Waals surface area contributed by atoms with Gasteiger partial charge in [0, 0.05) is 30.9 Å². The smallest absolute Gasteiger partial charge is 0.254 e. The number of aryl methyl sites for hydroxylation is 1. The van der Waals surface area contributed by atoms with Crippen LogP contribution in [-0.4, -0.2) is 42.4 Å². The number of hydrogen-bond acceptors (Lipinski definition) is 3. The van der Waals surface area contributed by atoms with E-state index < -0.39 is 0 Å². The van der Waals surface area contributed by atoms with E-state index in [0.29, 0.717) is 25.1 Å². The van der Waals surface area contributed by atoms with E-state index in [1.54, 1.807) is 4.90 Å². The molecule has 1 unspecified atom stereocenters. The van der Waals surface area contributed by atoms with Crippen molar-refractivity contribution in [3.63, 3.8) is 0 Å². The Morgan fingerprint density at radius 3 is 2.81 bits per heavy atom. The minimum atomic E-state index is -0.361. The maximum atomic E-state index is 12.7. The Kier molecular flexibility index (Phi) is 4.83. The normalized spacial score (nSPS) is 18.3. The maximum Gasteiger partial charge on any atom is 0.254 e. The number of carbonyl (C=O) groups is 2. The van der Waals surface area contributed by atoms with Gasteiger partial charge in [0.2, 0.25) is 5.91 Å². The lowest BCUT2D eigenvalue weighted by Gasteiger charge is -2.34. The molecule has 0 aromatic heterocycles. The third-order valence-corrected chi connectivity index (χ3v) is 3.82. The number of rotatable bonds is 4. The van der Waals surface area contributed by atoms with Crippen molar-refractivity contribution in [2.24, 2.45) is 0 Å². The quantitative estimate of drug-likeness (QED) is 0.888. The molecule has 1 aliphatic rings. The van der Waals surface area contributed by atoms with Crippen molar-refractivity contribution in [1.82, 2.24) is 10.2 Å². The highest BCUT2D eigenvalue weighted by Gasteiger charge is 2.32. The molecule has 1 aliphatic heterocycles. The van der Waals surface area contributed by atoms with Crippen LogP contribution in [0.5, 0.6) is 0 Å². The second-order valence-corrected chi connectivity index (χ2v) is 5.27. The van der Waals surface area contributed by atoms with E-state index in [1.807, 2.05) is 39.0 Å². The molecule has 0 aliphatic carbocycles. The van der Waals surface area contributed by atoms with Gasteiger partial charge in [-0.15, -0.1) is 0 Å². The standard InChI is InChI=1S/C16H23N3O2/c1-4-14-15(20)18-8-9-19(14)16(21)12-6-7-13(17-5-2)11(3)10-12/h6-7,10,14,17H,4-5,8-9H2,1-3H3,(H,18,20). The molecule has 5 nitrogen and oxygen atoms in total. The average molecular weight is 289 g/mol. The van der Waals surface area contributed by atoms with E-state index >= 15 is 0 Å². The van der Waals surface area contributed by atoms with E-state index in [2.05, 4.69) is 10.6 Å². The monoisotopic (exact) mass is 289 g/mol. The largest absolute Gasteiger partial charge is 0.385 e. The molecule has 5 heteroatoms. The lowest BCUT2D eigenvalue weighted by molar-refractivity contribution is -0.127. The lowest BCUT2D eigenvalue weighted by atomic mass is 10.0. The molecule has 1 aromatic rings. The highest BCUT2D eigenvalue weighted by Crippen LogP contribution is 2.19. The first-order valence-electron chi connectivity index (χ1n) is 7.51. The van der Waals surface area contributed by atoms with Crippen LogP contribution in [0.1, 0.15) is 36.2 Å². The van der Waals surface area contributed by atoms with E-state index in [9.17, 15) is 9.59 Å². The zero-order valence-corrected chi connectivity index (χ0v) is 12.9. The summed E-state index contributed by atoms with van der Waals surface area (Å²) in [6, 6.07) is 5.28. The van der Waals surface area contributed by atoms with Crippen molar-refractivity contribution >= 4 is 17.5 Å². The predicted molar refractivity (Wildman–Crippen MR) is 83.5 cm³/mol. The molecule has 2 rings (SSSR count). The number of benzene rings is 1. The van der Waals surface area contributed by atoms with E-state index in [4.69, 9.17) is 0 Å². The molecule has 21 heavy (non-hydrogen) atoms. The van der Waals surface area contributed by atoms with Crippen LogP contribution in [0.15, 0.2) is 18.2 Å². The molecular formula is C16H23N3O2. The van der Waals surface area contributed by atoms with Gasteiger partial charge < -0.3 is 15.5 Å². The van der Waals surface area contributed by atoms with Crippen LogP contribution in [0.3, 0.4) is 0 Å². The summed E-state index contributed by atoms with van der Waals surface area (Å²) in [5.41, 5.74) is 2.72. The first-order valence-corrected chi connectivity index (χ1v) is 7.51. The Morgan fingerprint density at radius 2 is 2.19 bits per heavy atom. The molecule has 0 spiro atoms. The van der Waals surface area contributed by atoms with Crippen molar-refractivity contribution < 1.29 is 9.59 Å². The Morgan fingerprint density at radius 1 is 1.43 bits per heavy atom. The summed E-state index contributed by atoms with van der Waals surface area (Å²) in [6.07, 6.45) is 0.631. The Balaban J connectivity index is 2.22. The summed E-state index contributed by atoms with van der Waals surface area (Å²) in [5, 5.41) is 6.07. The van der Waals surface area contributed by atoms with Crippen molar-refractivity contribution in [2.45, 2.75) is 33.2 Å². The molecule has 1 aromatic carbocycles. The minimum absolute atomic E-state index is 0.0573. The van der Waals surface area contributed by atoms with Crippen molar-refractivity contribution in [3.8, 4) is 0 Å². The third kappa shape index (κ3) is 3.17. The van der Waals surface area contributed by atoms with Crippen molar-refractivity contribution in [3.05, 3.63) is 29.3 Å². The fourth-order valence-corrected chi connectivity index (χ4v) is 2.71. The van der Waals surface area contributed by atoms with Crippen LogP contribution >= 0.6 is 0 Å². The van der Waals surface area contributed by atoms with Crippen LogP contribution < -0.4 is 10.6 Å². The van der Waals surface area contributed by atoms with Gasteiger partial charge in [-0.2, -0.15) is 0 Å². The zero-order valence-electron chi connectivity index (χ0n) is 12.9. The summed E-state index contributed by atoms with van der Waals surface area (Å²) < 4.78 is 0. The van der Waals surface area contributed by atoms with E-state index in [1.165, 1.54) is 0 Å². The average Bonchev–Trinajstić information content (AvgIpc) is 2.48. The number of nitrogens with zero attached hydrogens (tertiary/aromatic N) is 1. The van der Waals surface area contributed by atoms with Gasteiger partial charge in [0.05, 0.1) is 0 Å². The SMILES string of the molecule is CCNc1ccc(C(=O)N2CCNC(=O)C2CC)cc1C. The van der Waals surface area contributed by atoms with Gasteiger partial charge in [-0.25, -0.2) is 0 Å². The molecule has 0 bridgehead atoms. The van der Waals surface area contributed by atoms with Gasteiger partial charge in [0.1, 0.15) is 6.04 Å². The third-order valence-electron chi connectivity index (χ3n) is 3.82. The molecule has 1 fully saturated rings. The number of anilines is 1. The van der Waals surface area contributed by atoms with Crippen molar-refractivity contribution in [1.29, 1.82) is 0 Å². The second-order valence-electron chi connectivity index (χ2n) is 5.27. The number of piperazine rings is 1. The lowest BCUT2D eigenvalue weighted by Crippen LogP contribution is -2.56. The molecule has 1 saturated heterocycles. The molecule has 0 radical (unpaired) electrons. The Labute approximate surface area is 125 Å². The van der Waals surface area contributed by atoms with Crippen LogP contribution in [-0.2, 0) is 4.79 Å². The fourth-order valence-electron chi connectivity index (χ4n) is 2.71. The number of nitrogens with one attached hydrogen (secondary N) is 2. The topological polar surface area (TPSA) is 61.4 Å². The summed E-state index contributed by atoms with van der Waals surface area (Å²) in [4.78, 5) is 26.2. The van der Waals surface area contributed by atoms with E-state index in [-0.39, 0.29) is 17.9 Å². The van der Waals surface area contributed by atoms with Gasteiger partial charge >= 0.3 is 0 Å². The van der Waals surface area contributed by atoms with Gasteiger partial charge in [-0.3, -0.25) is 9.59 Å². The van der Waals surface area contributed by atoms with E-state index in [0.717, 1.165) is 17.8 Å². The van der Waals surface area contributed by atoms with Gasteiger partial charge in [0.25, 0.3) is 5.91 Å². The number of hydrogen-bond donors (Lipinski definition) is 2. The molecule has 1 heterocycles.